The molecule has 2 N–H and O–H groups in total. The van der Waals surface area contributed by atoms with Crippen molar-refractivity contribution in [2.24, 2.45) is 0 Å². The van der Waals surface area contributed by atoms with E-state index in [2.05, 4.69) is 17.4 Å². The van der Waals surface area contributed by atoms with Gasteiger partial charge in [0.2, 0.25) is 0 Å². The summed E-state index contributed by atoms with van der Waals surface area (Å²) in [6.07, 6.45) is 1.84. The van der Waals surface area contributed by atoms with Gasteiger partial charge >= 0.3 is 0 Å². The molecule has 1 aromatic carbocycles. The van der Waals surface area contributed by atoms with Gasteiger partial charge in [-0.1, -0.05) is 30.3 Å². The molecule has 3 heteroatoms. The Morgan fingerprint density at radius 2 is 1.81 bits per heavy atom. The molecule has 1 aromatic rings. The van der Waals surface area contributed by atoms with E-state index in [1.807, 2.05) is 18.2 Å². The van der Waals surface area contributed by atoms with Crippen LogP contribution in [0.5, 0.6) is 0 Å². The fourth-order valence-electron chi connectivity index (χ4n) is 1.39. The summed E-state index contributed by atoms with van der Waals surface area (Å²) in [5.74, 6) is 0. The van der Waals surface area contributed by atoms with Crippen LogP contribution in [0, 0.1) is 0 Å². The molecule has 0 radical (unpaired) electrons. The van der Waals surface area contributed by atoms with E-state index in [1.54, 1.807) is 0 Å². The second kappa shape index (κ2) is 9.33. The molecule has 0 aliphatic heterocycles. The maximum atomic E-state index is 8.57. The average Bonchev–Trinajstić information content (AvgIpc) is 2.34. The zero-order chi connectivity index (χ0) is 11.5. The standard InChI is InChI=1S/C13H21NO2/c15-10-4-8-14-9-5-11-16-12-13-6-2-1-3-7-13/h1-3,6-7,14-15H,4-5,8-12H2. The summed E-state index contributed by atoms with van der Waals surface area (Å²) in [5, 5.41) is 11.8. The Morgan fingerprint density at radius 1 is 1.06 bits per heavy atom. The van der Waals surface area contributed by atoms with E-state index < -0.39 is 0 Å². The molecule has 90 valence electrons. The molecule has 0 aliphatic carbocycles. The summed E-state index contributed by atoms with van der Waals surface area (Å²) >= 11 is 0. The van der Waals surface area contributed by atoms with Gasteiger partial charge in [-0.3, -0.25) is 0 Å². The van der Waals surface area contributed by atoms with Crippen molar-refractivity contribution in [1.29, 1.82) is 0 Å². The lowest BCUT2D eigenvalue weighted by molar-refractivity contribution is 0.118. The minimum atomic E-state index is 0.261. The van der Waals surface area contributed by atoms with Crippen LogP contribution in [-0.2, 0) is 11.3 Å². The third kappa shape index (κ3) is 6.56. The van der Waals surface area contributed by atoms with Crippen molar-refractivity contribution in [3.63, 3.8) is 0 Å². The van der Waals surface area contributed by atoms with E-state index in [0.717, 1.165) is 32.5 Å². The number of hydrogen-bond donors (Lipinski definition) is 2. The van der Waals surface area contributed by atoms with Gasteiger partial charge in [0.1, 0.15) is 0 Å². The first-order chi connectivity index (χ1) is 7.93. The Kier molecular flexibility index (Phi) is 7.68. The van der Waals surface area contributed by atoms with E-state index in [9.17, 15) is 0 Å². The molecule has 0 atom stereocenters. The largest absolute Gasteiger partial charge is 0.396 e. The summed E-state index contributed by atoms with van der Waals surface area (Å²) in [6, 6.07) is 10.2. The van der Waals surface area contributed by atoms with E-state index in [-0.39, 0.29) is 6.61 Å². The van der Waals surface area contributed by atoms with Gasteiger partial charge in [0.05, 0.1) is 6.61 Å². The number of ether oxygens (including phenoxy) is 1. The molecule has 0 aromatic heterocycles. The molecule has 1 rings (SSSR count). The van der Waals surface area contributed by atoms with Crippen molar-refractivity contribution < 1.29 is 9.84 Å². The van der Waals surface area contributed by atoms with Gasteiger partial charge in [0, 0.05) is 13.2 Å². The van der Waals surface area contributed by atoms with Crippen LogP contribution in [0.15, 0.2) is 30.3 Å². The number of rotatable bonds is 9. The predicted molar refractivity (Wildman–Crippen MR) is 65.3 cm³/mol. The zero-order valence-corrected chi connectivity index (χ0v) is 9.69. The lowest BCUT2D eigenvalue weighted by atomic mass is 10.2. The van der Waals surface area contributed by atoms with Crippen LogP contribution in [0.4, 0.5) is 0 Å². The molecule has 0 fully saturated rings. The molecule has 16 heavy (non-hydrogen) atoms. The highest BCUT2D eigenvalue weighted by Crippen LogP contribution is 2.00. The zero-order valence-electron chi connectivity index (χ0n) is 9.69. The highest BCUT2D eigenvalue weighted by Gasteiger charge is 1.92. The van der Waals surface area contributed by atoms with E-state index in [1.165, 1.54) is 5.56 Å². The first-order valence-electron chi connectivity index (χ1n) is 5.86. The van der Waals surface area contributed by atoms with Crippen LogP contribution in [0.2, 0.25) is 0 Å². The maximum Gasteiger partial charge on any atom is 0.0716 e. The molecular weight excluding hydrogens is 202 g/mol. The van der Waals surface area contributed by atoms with Crippen molar-refractivity contribution in [2.45, 2.75) is 19.4 Å². The summed E-state index contributed by atoms with van der Waals surface area (Å²) < 4.78 is 5.54. The van der Waals surface area contributed by atoms with Gasteiger partial charge in [0.25, 0.3) is 0 Å². The van der Waals surface area contributed by atoms with Gasteiger partial charge in [0.15, 0.2) is 0 Å². The van der Waals surface area contributed by atoms with Crippen LogP contribution in [-0.4, -0.2) is 31.4 Å². The monoisotopic (exact) mass is 223 g/mol. The molecule has 0 spiro atoms. The molecular formula is C13H21NO2. The van der Waals surface area contributed by atoms with Crippen LogP contribution >= 0.6 is 0 Å². The third-order valence-corrected chi connectivity index (χ3v) is 2.27. The summed E-state index contributed by atoms with van der Waals surface area (Å²) in [6.45, 7) is 3.57. The summed E-state index contributed by atoms with van der Waals surface area (Å²) in [7, 11) is 0. The Labute approximate surface area is 97.4 Å². The van der Waals surface area contributed by atoms with Crippen molar-refractivity contribution >= 4 is 0 Å². The minimum Gasteiger partial charge on any atom is -0.396 e. The Balaban J connectivity index is 1.89. The molecule has 0 saturated heterocycles. The number of benzene rings is 1. The summed E-state index contributed by atoms with van der Waals surface area (Å²) in [4.78, 5) is 0. The van der Waals surface area contributed by atoms with Crippen LogP contribution < -0.4 is 5.32 Å². The van der Waals surface area contributed by atoms with Crippen LogP contribution in [0.3, 0.4) is 0 Å². The fourth-order valence-corrected chi connectivity index (χ4v) is 1.39. The van der Waals surface area contributed by atoms with E-state index in [0.29, 0.717) is 6.61 Å². The van der Waals surface area contributed by atoms with Crippen LogP contribution in [0.1, 0.15) is 18.4 Å². The predicted octanol–water partition coefficient (Wildman–Crippen LogP) is 1.57. The van der Waals surface area contributed by atoms with E-state index in [4.69, 9.17) is 9.84 Å². The van der Waals surface area contributed by atoms with Gasteiger partial charge in [-0.05, 0) is 31.5 Å². The fraction of sp³-hybridized carbons (Fsp3) is 0.538. The molecule has 3 nitrogen and oxygen atoms in total. The number of hydrogen-bond acceptors (Lipinski definition) is 3. The smallest absolute Gasteiger partial charge is 0.0716 e. The molecule has 0 amide bonds. The minimum absolute atomic E-state index is 0.261. The Morgan fingerprint density at radius 3 is 2.56 bits per heavy atom. The Hall–Kier alpha value is -0.900. The molecule has 0 bridgehead atoms. The SMILES string of the molecule is OCCCNCCCOCc1ccccc1. The van der Waals surface area contributed by atoms with E-state index >= 15 is 0 Å². The lowest BCUT2D eigenvalue weighted by Gasteiger charge is -2.05. The second-order valence-corrected chi connectivity index (χ2v) is 3.72. The summed E-state index contributed by atoms with van der Waals surface area (Å²) in [5.41, 5.74) is 1.22. The quantitative estimate of drug-likeness (QED) is 0.624. The second-order valence-electron chi connectivity index (χ2n) is 3.72. The van der Waals surface area contributed by atoms with Crippen molar-refractivity contribution in [3.8, 4) is 0 Å². The van der Waals surface area contributed by atoms with Gasteiger partial charge in [-0.25, -0.2) is 0 Å². The highest BCUT2D eigenvalue weighted by atomic mass is 16.5. The molecule has 0 aliphatic rings. The molecule has 0 saturated carbocycles. The topological polar surface area (TPSA) is 41.5 Å². The number of nitrogens with one attached hydrogen (secondary N) is 1. The number of aliphatic hydroxyl groups excluding tert-OH is 1. The normalized spacial score (nSPS) is 10.6. The van der Waals surface area contributed by atoms with Crippen LogP contribution in [0.25, 0.3) is 0 Å². The van der Waals surface area contributed by atoms with Crippen molar-refractivity contribution in [3.05, 3.63) is 35.9 Å². The highest BCUT2D eigenvalue weighted by molar-refractivity contribution is 5.13. The number of aliphatic hydroxyl groups is 1. The first-order valence-corrected chi connectivity index (χ1v) is 5.86. The Bertz CT molecular complexity index is 251. The maximum absolute atomic E-state index is 8.57. The third-order valence-electron chi connectivity index (χ3n) is 2.27. The van der Waals surface area contributed by atoms with Crippen molar-refractivity contribution in [1.82, 2.24) is 5.32 Å². The lowest BCUT2D eigenvalue weighted by Crippen LogP contribution is -2.18. The van der Waals surface area contributed by atoms with Gasteiger partial charge in [-0.2, -0.15) is 0 Å². The van der Waals surface area contributed by atoms with Gasteiger partial charge in [-0.15, -0.1) is 0 Å². The molecule has 0 unspecified atom stereocenters. The van der Waals surface area contributed by atoms with Gasteiger partial charge < -0.3 is 15.2 Å². The molecule has 0 heterocycles. The van der Waals surface area contributed by atoms with Crippen molar-refractivity contribution in [2.75, 3.05) is 26.3 Å². The first kappa shape index (κ1) is 13.2. The average molecular weight is 223 g/mol.